The van der Waals surface area contributed by atoms with Gasteiger partial charge in [0.15, 0.2) is 0 Å². The van der Waals surface area contributed by atoms with Crippen molar-refractivity contribution in [2.75, 3.05) is 5.32 Å². The Bertz CT molecular complexity index is 2030. The number of rotatable bonds is 6. The highest BCUT2D eigenvalue weighted by Crippen LogP contribution is 2.34. The lowest BCUT2D eigenvalue weighted by Gasteiger charge is -2.10. The second-order valence-corrected chi connectivity index (χ2v) is 11.0. The minimum absolute atomic E-state index is 1.06. The highest BCUT2D eigenvalue weighted by Gasteiger charge is 2.07. The third kappa shape index (κ3) is 4.59. The number of fused-ring (bicyclic) bond motifs is 4. The lowest BCUT2D eigenvalue weighted by atomic mass is 9.97. The summed E-state index contributed by atoms with van der Waals surface area (Å²) in [6, 6.07) is 45.5. The van der Waals surface area contributed by atoms with E-state index in [1.165, 1.54) is 53.2 Å². The number of thiophene rings is 1. The monoisotopic (exact) mass is 529 g/mol. The van der Waals surface area contributed by atoms with Gasteiger partial charge >= 0.3 is 0 Å². The zero-order valence-corrected chi connectivity index (χ0v) is 22.8. The number of benzene rings is 6. The predicted molar refractivity (Wildman–Crippen MR) is 177 cm³/mol. The normalized spacial score (nSPS) is 11.5. The van der Waals surface area contributed by atoms with Gasteiger partial charge in [-0.2, -0.15) is 0 Å². The van der Waals surface area contributed by atoms with Crippen molar-refractivity contribution in [3.8, 4) is 11.1 Å². The van der Waals surface area contributed by atoms with Gasteiger partial charge in [0.1, 0.15) is 0 Å². The smallest absolute Gasteiger partial charge is 0.0384 e. The summed E-state index contributed by atoms with van der Waals surface area (Å²) in [6.45, 7) is 4.01. The van der Waals surface area contributed by atoms with Crippen molar-refractivity contribution in [3.63, 3.8) is 0 Å². The van der Waals surface area contributed by atoms with E-state index in [9.17, 15) is 0 Å². The zero-order chi connectivity index (χ0) is 26.9. The van der Waals surface area contributed by atoms with Crippen LogP contribution in [0, 0.1) is 0 Å². The third-order valence-electron chi connectivity index (χ3n) is 7.45. The fourth-order valence-electron chi connectivity index (χ4n) is 5.36. The molecule has 2 heteroatoms. The maximum Gasteiger partial charge on any atom is 0.0384 e. The molecular weight excluding hydrogens is 502 g/mol. The Labute approximate surface area is 238 Å². The molecule has 0 amide bonds. The summed E-state index contributed by atoms with van der Waals surface area (Å²) in [7, 11) is 0. The van der Waals surface area contributed by atoms with Gasteiger partial charge in [0.05, 0.1) is 0 Å². The van der Waals surface area contributed by atoms with Crippen LogP contribution in [-0.2, 0) is 0 Å². The van der Waals surface area contributed by atoms with Gasteiger partial charge in [0.2, 0.25) is 0 Å². The highest BCUT2D eigenvalue weighted by molar-refractivity contribution is 7.20. The summed E-state index contributed by atoms with van der Waals surface area (Å²) < 4.78 is 1.29. The largest absolute Gasteiger partial charge is 0.356 e. The molecule has 0 saturated heterocycles. The fraction of sp³-hybridized carbons (Fsp3) is 0. The topological polar surface area (TPSA) is 12.0 Å². The number of anilines is 2. The average Bonchev–Trinajstić information content (AvgIpc) is 3.38. The molecule has 0 spiro atoms. The molecule has 1 aromatic heterocycles. The second kappa shape index (κ2) is 10.3. The second-order valence-electron chi connectivity index (χ2n) is 9.96. The van der Waals surface area contributed by atoms with Crippen molar-refractivity contribution < 1.29 is 0 Å². The van der Waals surface area contributed by atoms with Crippen LogP contribution >= 0.6 is 11.3 Å². The summed E-state index contributed by atoms with van der Waals surface area (Å²) in [5.41, 5.74) is 6.96. The van der Waals surface area contributed by atoms with Gasteiger partial charge in [0, 0.05) is 31.9 Å². The first kappa shape index (κ1) is 24.1. The van der Waals surface area contributed by atoms with Gasteiger partial charge in [-0.3, -0.25) is 0 Å². The summed E-state index contributed by atoms with van der Waals surface area (Å²) in [4.78, 5) is 1.20. The molecule has 40 heavy (non-hydrogen) atoms. The Morgan fingerprint density at radius 3 is 1.95 bits per heavy atom. The molecule has 0 fully saturated rings. The van der Waals surface area contributed by atoms with E-state index in [1.807, 2.05) is 6.08 Å². The summed E-state index contributed by atoms with van der Waals surface area (Å²) in [6.07, 6.45) is 6.32. The molecule has 1 N–H and O–H groups in total. The van der Waals surface area contributed by atoms with Crippen LogP contribution in [0.4, 0.5) is 11.4 Å². The van der Waals surface area contributed by atoms with E-state index in [2.05, 4.69) is 151 Å². The summed E-state index contributed by atoms with van der Waals surface area (Å²) in [5.74, 6) is 0. The predicted octanol–water partition coefficient (Wildman–Crippen LogP) is 11.4. The molecule has 6 aromatic carbocycles. The van der Waals surface area contributed by atoms with Crippen LogP contribution < -0.4 is 5.32 Å². The van der Waals surface area contributed by atoms with Crippen LogP contribution in [0.2, 0.25) is 0 Å². The molecule has 0 bridgehead atoms. The van der Waals surface area contributed by atoms with Gasteiger partial charge in [0.25, 0.3) is 0 Å². The van der Waals surface area contributed by atoms with E-state index in [0.29, 0.717) is 0 Å². The first-order valence-electron chi connectivity index (χ1n) is 13.5. The van der Waals surface area contributed by atoms with Crippen LogP contribution in [0.5, 0.6) is 0 Å². The Kier molecular flexibility index (Phi) is 6.24. The molecule has 1 nitrogen and oxygen atoms in total. The first-order chi connectivity index (χ1) is 19.7. The molecule has 7 rings (SSSR count). The average molecular weight is 530 g/mol. The Hall–Kier alpha value is -4.92. The van der Waals surface area contributed by atoms with Crippen LogP contribution in [0.15, 0.2) is 134 Å². The molecule has 0 radical (unpaired) electrons. The molecule has 0 aliphatic rings. The number of nitrogens with one attached hydrogen (secondary N) is 1. The summed E-state index contributed by atoms with van der Waals surface area (Å²) in [5, 5.41) is 9.94. The standard InChI is InChI=1S/C38H27NS/c1-2-37-35(34-9-5-6-10-38(34)40-37)24-13-26-11-20-31(21-12-26)39-32-22-18-27(19-23-32)30-17-16-29-15-14-28-7-3-4-8-33(28)36(29)25-30/h2-25,39H,1H2/b24-13+. The van der Waals surface area contributed by atoms with E-state index in [4.69, 9.17) is 0 Å². The van der Waals surface area contributed by atoms with Crippen molar-refractivity contribution in [3.05, 3.63) is 150 Å². The lowest BCUT2D eigenvalue weighted by Crippen LogP contribution is -1.90. The van der Waals surface area contributed by atoms with Crippen LogP contribution in [0.3, 0.4) is 0 Å². The van der Waals surface area contributed by atoms with E-state index in [-0.39, 0.29) is 0 Å². The van der Waals surface area contributed by atoms with Crippen LogP contribution in [0.25, 0.3) is 61.0 Å². The van der Waals surface area contributed by atoms with Gasteiger partial charge in [-0.05, 0) is 74.6 Å². The summed E-state index contributed by atoms with van der Waals surface area (Å²) >= 11 is 1.78. The molecule has 7 aromatic rings. The minimum Gasteiger partial charge on any atom is -0.356 e. The lowest BCUT2D eigenvalue weighted by molar-refractivity contribution is 1.54. The van der Waals surface area contributed by atoms with Gasteiger partial charge in [-0.25, -0.2) is 0 Å². The fourth-order valence-corrected chi connectivity index (χ4v) is 6.40. The van der Waals surface area contributed by atoms with Gasteiger partial charge < -0.3 is 5.32 Å². The quantitative estimate of drug-likeness (QED) is 0.211. The highest BCUT2D eigenvalue weighted by atomic mass is 32.1. The van der Waals surface area contributed by atoms with Crippen LogP contribution in [0.1, 0.15) is 16.0 Å². The zero-order valence-electron chi connectivity index (χ0n) is 22.0. The van der Waals surface area contributed by atoms with Crippen molar-refractivity contribution in [1.29, 1.82) is 0 Å². The van der Waals surface area contributed by atoms with Crippen molar-refractivity contribution in [1.82, 2.24) is 0 Å². The maximum atomic E-state index is 4.01. The van der Waals surface area contributed by atoms with Crippen molar-refractivity contribution in [2.24, 2.45) is 0 Å². The molecule has 0 saturated carbocycles. The molecular formula is C38H27NS. The number of hydrogen-bond donors (Lipinski definition) is 1. The van der Waals surface area contributed by atoms with Gasteiger partial charge in [-0.15, -0.1) is 11.3 Å². The van der Waals surface area contributed by atoms with Crippen molar-refractivity contribution in [2.45, 2.75) is 0 Å². The number of hydrogen-bond acceptors (Lipinski definition) is 2. The maximum absolute atomic E-state index is 4.01. The molecule has 0 aliphatic carbocycles. The Morgan fingerprint density at radius 1 is 0.550 bits per heavy atom. The van der Waals surface area contributed by atoms with E-state index in [1.54, 1.807) is 11.3 Å². The Balaban J connectivity index is 1.08. The van der Waals surface area contributed by atoms with Crippen LogP contribution in [-0.4, -0.2) is 0 Å². The molecule has 0 atom stereocenters. The Morgan fingerprint density at radius 2 is 1.18 bits per heavy atom. The van der Waals surface area contributed by atoms with Gasteiger partial charge in [-0.1, -0.05) is 116 Å². The minimum atomic E-state index is 1.06. The van der Waals surface area contributed by atoms with E-state index >= 15 is 0 Å². The first-order valence-corrected chi connectivity index (χ1v) is 14.3. The molecule has 1 heterocycles. The van der Waals surface area contributed by atoms with E-state index in [0.717, 1.165) is 16.9 Å². The van der Waals surface area contributed by atoms with Crippen molar-refractivity contribution >= 4 is 72.6 Å². The third-order valence-corrected chi connectivity index (χ3v) is 8.64. The molecule has 0 unspecified atom stereocenters. The van der Waals surface area contributed by atoms with E-state index < -0.39 is 0 Å². The SMILES string of the molecule is C=Cc1sc2ccccc2c1/C=C/c1ccc(Nc2ccc(-c3ccc4ccc5ccccc5c4c3)cc2)cc1. The molecule has 0 aliphatic heterocycles. The molecule has 190 valence electrons.